The summed E-state index contributed by atoms with van der Waals surface area (Å²) in [6.45, 7) is 0. The van der Waals surface area contributed by atoms with Crippen LogP contribution in [0, 0.1) is 0 Å². The fourth-order valence-corrected chi connectivity index (χ4v) is 1.90. The summed E-state index contributed by atoms with van der Waals surface area (Å²) in [6.07, 6.45) is 4.09. The average molecular weight is 142 g/mol. The molecular formula is C8H18N2. The summed E-state index contributed by atoms with van der Waals surface area (Å²) in [5.74, 6) is 0. The zero-order chi connectivity index (χ0) is 7.56. The first kappa shape index (κ1) is 8.02. The van der Waals surface area contributed by atoms with Crippen molar-refractivity contribution in [1.29, 1.82) is 0 Å². The molecule has 0 unspecified atom stereocenters. The van der Waals surface area contributed by atoms with E-state index in [1.54, 1.807) is 0 Å². The molecule has 0 spiro atoms. The van der Waals surface area contributed by atoms with Gasteiger partial charge in [-0.15, -0.1) is 0 Å². The van der Waals surface area contributed by atoms with Crippen LogP contribution in [-0.4, -0.2) is 38.1 Å². The molecule has 1 N–H and O–H groups in total. The standard InChI is InChI=1S/C8H18N2/c1-9-7-5-4-6-8(7)10(2)3/h7-9H,4-6H2,1-3H3/t7-,8-/m1/s1. The van der Waals surface area contributed by atoms with Gasteiger partial charge in [0.25, 0.3) is 0 Å². The van der Waals surface area contributed by atoms with Gasteiger partial charge in [0.2, 0.25) is 0 Å². The second-order valence-electron chi connectivity index (χ2n) is 3.36. The van der Waals surface area contributed by atoms with Crippen LogP contribution in [0.2, 0.25) is 0 Å². The van der Waals surface area contributed by atoms with Crippen LogP contribution in [0.5, 0.6) is 0 Å². The highest BCUT2D eigenvalue weighted by atomic mass is 15.1. The number of likely N-dealkylation sites (N-methyl/N-ethyl adjacent to an activating group) is 2. The van der Waals surface area contributed by atoms with E-state index in [0.717, 1.165) is 12.1 Å². The Morgan fingerprint density at radius 2 is 2.00 bits per heavy atom. The van der Waals surface area contributed by atoms with Crippen molar-refractivity contribution in [2.45, 2.75) is 31.3 Å². The minimum atomic E-state index is 0.731. The van der Waals surface area contributed by atoms with Crippen LogP contribution in [0.25, 0.3) is 0 Å². The maximum absolute atomic E-state index is 3.35. The third kappa shape index (κ3) is 1.50. The molecule has 1 saturated carbocycles. The summed E-state index contributed by atoms with van der Waals surface area (Å²) < 4.78 is 0. The summed E-state index contributed by atoms with van der Waals surface area (Å²) >= 11 is 0. The molecule has 0 aromatic heterocycles. The Kier molecular flexibility index (Phi) is 2.69. The van der Waals surface area contributed by atoms with Crippen LogP contribution < -0.4 is 5.32 Å². The second kappa shape index (κ2) is 3.35. The minimum absolute atomic E-state index is 0.731. The van der Waals surface area contributed by atoms with Crippen molar-refractivity contribution in [3.05, 3.63) is 0 Å². The van der Waals surface area contributed by atoms with Gasteiger partial charge in [0, 0.05) is 12.1 Å². The van der Waals surface area contributed by atoms with E-state index in [-0.39, 0.29) is 0 Å². The molecule has 0 radical (unpaired) electrons. The van der Waals surface area contributed by atoms with Crippen LogP contribution in [0.15, 0.2) is 0 Å². The highest BCUT2D eigenvalue weighted by Gasteiger charge is 2.26. The van der Waals surface area contributed by atoms with Crippen LogP contribution in [0.1, 0.15) is 19.3 Å². The lowest BCUT2D eigenvalue weighted by molar-refractivity contribution is 0.259. The number of hydrogen-bond donors (Lipinski definition) is 1. The molecular weight excluding hydrogens is 124 g/mol. The molecule has 2 atom stereocenters. The Morgan fingerprint density at radius 1 is 1.30 bits per heavy atom. The molecule has 2 heteroatoms. The monoisotopic (exact) mass is 142 g/mol. The summed E-state index contributed by atoms with van der Waals surface area (Å²) in [5.41, 5.74) is 0. The lowest BCUT2D eigenvalue weighted by atomic mass is 10.1. The number of rotatable bonds is 2. The van der Waals surface area contributed by atoms with Gasteiger partial charge in [-0.1, -0.05) is 6.42 Å². The predicted molar refractivity (Wildman–Crippen MR) is 44.2 cm³/mol. The van der Waals surface area contributed by atoms with E-state index in [1.165, 1.54) is 19.3 Å². The smallest absolute Gasteiger partial charge is 0.0243 e. The van der Waals surface area contributed by atoms with Crippen molar-refractivity contribution < 1.29 is 0 Å². The van der Waals surface area contributed by atoms with Gasteiger partial charge in [0.05, 0.1) is 0 Å². The Balaban J connectivity index is 2.42. The molecule has 2 nitrogen and oxygen atoms in total. The van der Waals surface area contributed by atoms with E-state index in [4.69, 9.17) is 0 Å². The Hall–Kier alpha value is -0.0800. The number of hydrogen-bond acceptors (Lipinski definition) is 2. The fraction of sp³-hybridized carbons (Fsp3) is 1.00. The van der Waals surface area contributed by atoms with E-state index in [0.29, 0.717) is 0 Å². The van der Waals surface area contributed by atoms with Gasteiger partial charge < -0.3 is 10.2 Å². The first-order valence-electron chi connectivity index (χ1n) is 4.09. The maximum Gasteiger partial charge on any atom is 0.0243 e. The largest absolute Gasteiger partial charge is 0.315 e. The zero-order valence-corrected chi connectivity index (χ0v) is 7.22. The van der Waals surface area contributed by atoms with Crippen LogP contribution >= 0.6 is 0 Å². The van der Waals surface area contributed by atoms with Gasteiger partial charge in [-0.05, 0) is 34.0 Å². The van der Waals surface area contributed by atoms with Crippen molar-refractivity contribution in [3.8, 4) is 0 Å². The predicted octanol–water partition coefficient (Wildman–Crippen LogP) is 0.688. The normalized spacial score (nSPS) is 33.6. The second-order valence-corrected chi connectivity index (χ2v) is 3.36. The molecule has 1 rings (SSSR count). The topological polar surface area (TPSA) is 15.3 Å². The molecule has 1 fully saturated rings. The molecule has 0 amide bonds. The molecule has 0 aliphatic heterocycles. The van der Waals surface area contributed by atoms with Gasteiger partial charge in [0.15, 0.2) is 0 Å². The zero-order valence-electron chi connectivity index (χ0n) is 7.22. The molecule has 0 heterocycles. The van der Waals surface area contributed by atoms with Gasteiger partial charge in [-0.2, -0.15) is 0 Å². The summed E-state index contributed by atoms with van der Waals surface area (Å²) in [4.78, 5) is 2.33. The van der Waals surface area contributed by atoms with Gasteiger partial charge >= 0.3 is 0 Å². The third-order valence-electron chi connectivity index (χ3n) is 2.51. The van der Waals surface area contributed by atoms with Gasteiger partial charge in [-0.3, -0.25) is 0 Å². The van der Waals surface area contributed by atoms with E-state index >= 15 is 0 Å². The van der Waals surface area contributed by atoms with Crippen molar-refractivity contribution in [2.75, 3.05) is 21.1 Å². The van der Waals surface area contributed by atoms with E-state index in [2.05, 4.69) is 31.4 Å². The van der Waals surface area contributed by atoms with Gasteiger partial charge in [0.1, 0.15) is 0 Å². The highest BCUT2D eigenvalue weighted by Crippen LogP contribution is 2.21. The van der Waals surface area contributed by atoms with E-state index < -0.39 is 0 Å². The fourth-order valence-electron chi connectivity index (χ4n) is 1.90. The molecule has 0 aromatic rings. The van der Waals surface area contributed by atoms with Crippen LogP contribution in [0.4, 0.5) is 0 Å². The number of nitrogens with zero attached hydrogens (tertiary/aromatic N) is 1. The van der Waals surface area contributed by atoms with Crippen molar-refractivity contribution in [1.82, 2.24) is 10.2 Å². The average Bonchev–Trinajstić information content (AvgIpc) is 2.33. The van der Waals surface area contributed by atoms with E-state index in [9.17, 15) is 0 Å². The van der Waals surface area contributed by atoms with Crippen LogP contribution in [-0.2, 0) is 0 Å². The number of nitrogens with one attached hydrogen (secondary N) is 1. The quantitative estimate of drug-likeness (QED) is 0.610. The van der Waals surface area contributed by atoms with Crippen molar-refractivity contribution in [2.24, 2.45) is 0 Å². The van der Waals surface area contributed by atoms with Crippen molar-refractivity contribution >= 4 is 0 Å². The molecule has 1 aliphatic rings. The Morgan fingerprint density at radius 3 is 2.40 bits per heavy atom. The lowest BCUT2D eigenvalue weighted by Gasteiger charge is -2.25. The SMILES string of the molecule is CN[C@@H]1CCC[C@H]1N(C)C. The van der Waals surface area contributed by atoms with Gasteiger partial charge in [-0.25, -0.2) is 0 Å². The Labute approximate surface area is 63.6 Å². The van der Waals surface area contributed by atoms with E-state index in [1.807, 2.05) is 0 Å². The minimum Gasteiger partial charge on any atom is -0.315 e. The molecule has 0 bridgehead atoms. The lowest BCUT2D eigenvalue weighted by Crippen LogP contribution is -2.41. The van der Waals surface area contributed by atoms with Crippen molar-refractivity contribution in [3.63, 3.8) is 0 Å². The third-order valence-corrected chi connectivity index (χ3v) is 2.51. The van der Waals surface area contributed by atoms with Crippen LogP contribution in [0.3, 0.4) is 0 Å². The molecule has 0 aromatic carbocycles. The summed E-state index contributed by atoms with van der Waals surface area (Å²) in [5, 5.41) is 3.35. The summed E-state index contributed by atoms with van der Waals surface area (Å²) in [7, 11) is 6.40. The Bertz CT molecular complexity index is 101. The highest BCUT2D eigenvalue weighted by molar-refractivity contribution is 4.87. The molecule has 0 saturated heterocycles. The first-order valence-corrected chi connectivity index (χ1v) is 4.09. The molecule has 10 heavy (non-hydrogen) atoms. The molecule has 60 valence electrons. The first-order chi connectivity index (χ1) is 4.75. The maximum atomic E-state index is 3.35. The summed E-state index contributed by atoms with van der Waals surface area (Å²) in [6, 6.07) is 1.50. The molecule has 1 aliphatic carbocycles.